The first-order valence-corrected chi connectivity index (χ1v) is 3.50. The molecule has 1 aromatic carbocycles. The molecule has 0 heterocycles. The standard InChI is InChI=1S/C8H6F2S/c9-5-6-3-1-2-4-7(6)8(10)11/h1-4H,5H2. The van der Waals surface area contributed by atoms with E-state index in [1.54, 1.807) is 12.1 Å². The van der Waals surface area contributed by atoms with Crippen molar-refractivity contribution in [3.05, 3.63) is 35.4 Å². The number of hydrogen-bond acceptors (Lipinski definition) is 1. The minimum atomic E-state index is -0.752. The Balaban J connectivity index is 3.12. The third kappa shape index (κ3) is 1.80. The molecule has 1 rings (SSSR count). The highest BCUT2D eigenvalue weighted by Gasteiger charge is 2.04. The van der Waals surface area contributed by atoms with Crippen LogP contribution in [0.3, 0.4) is 0 Å². The van der Waals surface area contributed by atoms with Crippen LogP contribution in [0.1, 0.15) is 11.1 Å². The lowest BCUT2D eigenvalue weighted by Gasteiger charge is -1.99. The Labute approximate surface area is 68.9 Å². The van der Waals surface area contributed by atoms with Crippen molar-refractivity contribution in [3.8, 4) is 0 Å². The summed E-state index contributed by atoms with van der Waals surface area (Å²) in [6, 6.07) is 6.26. The van der Waals surface area contributed by atoms with Crippen molar-refractivity contribution in [2.45, 2.75) is 6.67 Å². The van der Waals surface area contributed by atoms with Gasteiger partial charge in [0.1, 0.15) is 6.67 Å². The molecular formula is C8H6F2S. The van der Waals surface area contributed by atoms with Crippen molar-refractivity contribution < 1.29 is 8.78 Å². The van der Waals surface area contributed by atoms with Gasteiger partial charge in [0.15, 0.2) is 5.12 Å². The first kappa shape index (κ1) is 8.27. The summed E-state index contributed by atoms with van der Waals surface area (Å²) < 4.78 is 24.6. The molecule has 0 unspecified atom stereocenters. The summed E-state index contributed by atoms with van der Waals surface area (Å²) in [5, 5.41) is -0.752. The highest BCUT2D eigenvalue weighted by Crippen LogP contribution is 2.11. The summed E-state index contributed by atoms with van der Waals surface area (Å²) in [7, 11) is 0. The monoisotopic (exact) mass is 172 g/mol. The van der Waals surface area contributed by atoms with Crippen molar-refractivity contribution >= 4 is 17.3 Å². The van der Waals surface area contributed by atoms with E-state index in [9.17, 15) is 8.78 Å². The molecule has 0 bridgehead atoms. The van der Waals surface area contributed by atoms with E-state index in [1.807, 2.05) is 0 Å². The predicted molar refractivity (Wildman–Crippen MR) is 44.1 cm³/mol. The van der Waals surface area contributed by atoms with Crippen LogP contribution in [0, 0.1) is 0 Å². The predicted octanol–water partition coefficient (Wildman–Crippen LogP) is 2.80. The van der Waals surface area contributed by atoms with Gasteiger partial charge >= 0.3 is 0 Å². The van der Waals surface area contributed by atoms with Gasteiger partial charge in [-0.3, -0.25) is 0 Å². The Morgan fingerprint density at radius 1 is 1.36 bits per heavy atom. The number of alkyl halides is 1. The van der Waals surface area contributed by atoms with Crippen molar-refractivity contribution in [1.82, 2.24) is 0 Å². The minimum absolute atomic E-state index is 0.185. The van der Waals surface area contributed by atoms with E-state index in [0.717, 1.165) is 0 Å². The van der Waals surface area contributed by atoms with Crippen LogP contribution in [0.25, 0.3) is 0 Å². The van der Waals surface area contributed by atoms with Gasteiger partial charge in [-0.15, -0.1) is 0 Å². The zero-order valence-electron chi connectivity index (χ0n) is 5.68. The normalized spacial score (nSPS) is 9.64. The Hall–Kier alpha value is -0.830. The van der Waals surface area contributed by atoms with Crippen LogP contribution in [-0.2, 0) is 6.67 Å². The smallest absolute Gasteiger partial charge is 0.193 e. The van der Waals surface area contributed by atoms with Crippen LogP contribution in [0.15, 0.2) is 24.3 Å². The van der Waals surface area contributed by atoms with Gasteiger partial charge in [-0.2, -0.15) is 4.39 Å². The highest BCUT2D eigenvalue weighted by molar-refractivity contribution is 7.80. The van der Waals surface area contributed by atoms with E-state index >= 15 is 0 Å². The van der Waals surface area contributed by atoms with E-state index in [1.165, 1.54) is 12.1 Å². The molecule has 3 heteroatoms. The molecular weight excluding hydrogens is 166 g/mol. The number of hydrogen-bond donors (Lipinski definition) is 0. The Morgan fingerprint density at radius 2 is 2.00 bits per heavy atom. The molecule has 0 N–H and O–H groups in total. The second kappa shape index (κ2) is 3.53. The Bertz CT molecular complexity index is 271. The van der Waals surface area contributed by atoms with Gasteiger partial charge in [0.05, 0.1) is 0 Å². The molecule has 0 radical (unpaired) electrons. The van der Waals surface area contributed by atoms with Crippen LogP contribution < -0.4 is 0 Å². The van der Waals surface area contributed by atoms with Crippen molar-refractivity contribution in [1.29, 1.82) is 0 Å². The van der Waals surface area contributed by atoms with Crippen molar-refractivity contribution in [2.75, 3.05) is 0 Å². The van der Waals surface area contributed by atoms with Gasteiger partial charge in [-0.1, -0.05) is 24.3 Å². The molecule has 0 spiro atoms. The second-order valence-electron chi connectivity index (χ2n) is 2.06. The Morgan fingerprint density at radius 3 is 2.45 bits per heavy atom. The lowest BCUT2D eigenvalue weighted by Crippen LogP contribution is -1.94. The molecule has 0 aliphatic rings. The average Bonchev–Trinajstić information content (AvgIpc) is 2.04. The van der Waals surface area contributed by atoms with E-state index in [4.69, 9.17) is 0 Å². The van der Waals surface area contributed by atoms with Gasteiger partial charge in [0.2, 0.25) is 0 Å². The summed E-state index contributed by atoms with van der Waals surface area (Å²) in [4.78, 5) is 0. The maximum atomic E-state index is 12.4. The zero-order chi connectivity index (χ0) is 8.27. The topological polar surface area (TPSA) is 0 Å². The summed E-state index contributed by atoms with van der Waals surface area (Å²) in [6.45, 7) is -0.680. The number of rotatable bonds is 2. The fraction of sp³-hybridized carbons (Fsp3) is 0.125. The number of benzene rings is 1. The molecule has 11 heavy (non-hydrogen) atoms. The molecule has 0 atom stereocenters. The molecule has 1 aromatic rings. The largest absolute Gasteiger partial charge is 0.246 e. The molecule has 0 amide bonds. The van der Waals surface area contributed by atoms with Gasteiger partial charge in [-0.25, -0.2) is 4.39 Å². The molecule has 0 saturated carbocycles. The van der Waals surface area contributed by atoms with E-state index in [2.05, 4.69) is 12.2 Å². The first-order valence-electron chi connectivity index (χ1n) is 3.09. The molecule has 0 saturated heterocycles. The van der Waals surface area contributed by atoms with Gasteiger partial charge in [0.25, 0.3) is 0 Å². The fourth-order valence-electron chi connectivity index (χ4n) is 0.829. The van der Waals surface area contributed by atoms with Gasteiger partial charge < -0.3 is 0 Å². The average molecular weight is 172 g/mol. The lowest BCUT2D eigenvalue weighted by molar-refractivity contribution is 0.484. The summed E-state index contributed by atoms with van der Waals surface area (Å²) >= 11 is 4.28. The third-order valence-electron chi connectivity index (χ3n) is 1.37. The first-order chi connectivity index (χ1) is 5.25. The molecule has 58 valence electrons. The molecule has 0 aliphatic carbocycles. The molecule has 0 aromatic heterocycles. The zero-order valence-corrected chi connectivity index (χ0v) is 6.50. The molecule has 0 aliphatic heterocycles. The molecule has 0 nitrogen and oxygen atoms in total. The SMILES string of the molecule is FCc1ccccc1C(F)=S. The second-order valence-corrected chi connectivity index (χ2v) is 2.42. The maximum Gasteiger partial charge on any atom is 0.193 e. The van der Waals surface area contributed by atoms with Crippen LogP contribution in [0.5, 0.6) is 0 Å². The number of thiocarbonyl (C=S) groups is 1. The van der Waals surface area contributed by atoms with Crippen LogP contribution in [0.4, 0.5) is 8.78 Å². The Kier molecular flexibility index (Phi) is 2.65. The summed E-state index contributed by atoms with van der Waals surface area (Å²) in [5.74, 6) is 0. The van der Waals surface area contributed by atoms with Gasteiger partial charge in [-0.05, 0) is 17.8 Å². The van der Waals surface area contributed by atoms with Gasteiger partial charge in [0, 0.05) is 5.56 Å². The quantitative estimate of drug-likeness (QED) is 0.488. The van der Waals surface area contributed by atoms with Crippen LogP contribution in [-0.4, -0.2) is 5.12 Å². The van der Waals surface area contributed by atoms with Crippen LogP contribution in [0.2, 0.25) is 0 Å². The fourth-order valence-corrected chi connectivity index (χ4v) is 1.03. The van der Waals surface area contributed by atoms with E-state index in [-0.39, 0.29) is 5.56 Å². The number of halogens is 2. The highest BCUT2D eigenvalue weighted by atomic mass is 32.1. The summed E-state index contributed by atoms with van der Waals surface area (Å²) in [5.41, 5.74) is 0.491. The summed E-state index contributed by atoms with van der Waals surface area (Å²) in [6.07, 6.45) is 0. The third-order valence-corrected chi connectivity index (χ3v) is 1.59. The van der Waals surface area contributed by atoms with E-state index < -0.39 is 11.8 Å². The minimum Gasteiger partial charge on any atom is -0.246 e. The maximum absolute atomic E-state index is 12.4. The lowest BCUT2D eigenvalue weighted by atomic mass is 10.1. The van der Waals surface area contributed by atoms with Crippen molar-refractivity contribution in [2.24, 2.45) is 0 Å². The van der Waals surface area contributed by atoms with Crippen molar-refractivity contribution in [3.63, 3.8) is 0 Å². The van der Waals surface area contributed by atoms with Crippen LogP contribution >= 0.6 is 12.2 Å². The molecule has 0 fully saturated rings. The van der Waals surface area contributed by atoms with E-state index in [0.29, 0.717) is 5.56 Å².